The van der Waals surface area contributed by atoms with Crippen LogP contribution in [0.2, 0.25) is 0 Å². The highest BCUT2D eigenvalue weighted by Crippen LogP contribution is 2.28. The Hall–Kier alpha value is -1.95. The molecule has 1 amide bonds. The molecule has 12 heteroatoms. The van der Waals surface area contributed by atoms with Crippen molar-refractivity contribution < 1.29 is 26.4 Å². The van der Waals surface area contributed by atoms with Gasteiger partial charge in [-0.15, -0.1) is 10.2 Å². The van der Waals surface area contributed by atoms with Gasteiger partial charge in [0.1, 0.15) is 5.75 Å². The lowest BCUT2D eigenvalue weighted by Crippen LogP contribution is -2.25. The number of nitrogens with one attached hydrogen (secondary N) is 1. The van der Waals surface area contributed by atoms with Crippen molar-refractivity contribution in [1.29, 1.82) is 0 Å². The zero-order chi connectivity index (χ0) is 18.1. The zero-order valence-corrected chi connectivity index (χ0v) is 14.4. The van der Waals surface area contributed by atoms with Crippen molar-refractivity contribution in [2.45, 2.75) is 11.3 Å². The fourth-order valence-corrected chi connectivity index (χ4v) is 3.28. The molecule has 0 radical (unpaired) electrons. The first-order chi connectivity index (χ1) is 11.0. The number of nitrogens with zero attached hydrogens (tertiary/aromatic N) is 3. The van der Waals surface area contributed by atoms with Gasteiger partial charge in [0.25, 0.3) is 0 Å². The predicted molar refractivity (Wildman–Crippen MR) is 80.8 cm³/mol. The van der Waals surface area contributed by atoms with Crippen molar-refractivity contribution in [3.63, 3.8) is 0 Å². The fourth-order valence-electron chi connectivity index (χ4n) is 1.80. The molecule has 0 atom stereocenters. The number of aromatic nitrogens is 3. The van der Waals surface area contributed by atoms with E-state index in [9.17, 15) is 26.4 Å². The molecule has 24 heavy (non-hydrogen) atoms. The molecule has 130 valence electrons. The summed E-state index contributed by atoms with van der Waals surface area (Å²) in [6, 6.07) is 6.31. The third-order valence-electron chi connectivity index (χ3n) is 2.82. The molecule has 0 aliphatic heterocycles. The van der Waals surface area contributed by atoms with Crippen molar-refractivity contribution in [3.8, 4) is 0 Å². The molecule has 1 N–H and O–H groups in total. The molecule has 0 spiro atoms. The van der Waals surface area contributed by atoms with E-state index in [1.54, 1.807) is 12.1 Å². The Balaban J connectivity index is 2.18. The van der Waals surface area contributed by atoms with Crippen LogP contribution in [0, 0.1) is 0 Å². The number of carbonyl (C=O) groups is 1. The number of hydrogen-bond donors (Lipinski definition) is 1. The Bertz CT molecular complexity index is 863. The average Bonchev–Trinajstić information content (AvgIpc) is 2.83. The Morgan fingerprint density at radius 3 is 2.33 bits per heavy atom. The smallest absolute Gasteiger partial charge is 0.325 e. The molecule has 1 aromatic carbocycles. The molecule has 1 heterocycles. The van der Waals surface area contributed by atoms with Gasteiger partial charge in [-0.05, 0) is 24.3 Å². The standard InChI is InChI=1S/C12H10BrF3N4O3S/c1-20-10(12(14,15)16)18-19-11(20)24(22,23)6-9(21)17-8-4-2-7(13)3-5-8/h2-5H,6H2,1H3,(H,17,21). The first-order valence-electron chi connectivity index (χ1n) is 6.25. The maximum absolute atomic E-state index is 12.6. The quantitative estimate of drug-likeness (QED) is 0.806. The lowest BCUT2D eigenvalue weighted by molar-refractivity contribution is -0.147. The van der Waals surface area contributed by atoms with Gasteiger partial charge >= 0.3 is 6.18 Å². The largest absolute Gasteiger partial charge is 0.451 e. The number of halogens is 4. The molecular formula is C12H10BrF3N4O3S. The Kier molecular flexibility index (Phi) is 4.99. The first-order valence-corrected chi connectivity index (χ1v) is 8.70. The molecule has 2 aromatic rings. The van der Waals surface area contributed by atoms with Crippen LogP contribution in [0.3, 0.4) is 0 Å². The third kappa shape index (κ3) is 4.12. The molecule has 1 aromatic heterocycles. The first kappa shape index (κ1) is 18.4. The number of benzene rings is 1. The number of amides is 1. The van der Waals surface area contributed by atoms with Gasteiger partial charge in [-0.25, -0.2) is 8.42 Å². The summed E-state index contributed by atoms with van der Waals surface area (Å²) < 4.78 is 63.1. The molecule has 0 saturated carbocycles. The summed E-state index contributed by atoms with van der Waals surface area (Å²) in [5.41, 5.74) is 0.340. The van der Waals surface area contributed by atoms with Crippen LogP contribution in [0.4, 0.5) is 18.9 Å². The maximum Gasteiger partial charge on any atom is 0.451 e. The molecule has 0 saturated heterocycles. The molecule has 7 nitrogen and oxygen atoms in total. The highest BCUT2D eigenvalue weighted by atomic mass is 79.9. The molecule has 0 unspecified atom stereocenters. The highest BCUT2D eigenvalue weighted by Gasteiger charge is 2.39. The predicted octanol–water partition coefficient (Wildman–Crippen LogP) is 2.01. The number of hydrogen-bond acceptors (Lipinski definition) is 5. The summed E-state index contributed by atoms with van der Waals surface area (Å²) >= 11 is 3.20. The van der Waals surface area contributed by atoms with Gasteiger partial charge in [0.2, 0.25) is 26.7 Å². The van der Waals surface area contributed by atoms with E-state index in [4.69, 9.17) is 0 Å². The van der Waals surface area contributed by atoms with Gasteiger partial charge in [0.15, 0.2) is 0 Å². The van der Waals surface area contributed by atoms with E-state index in [1.165, 1.54) is 12.1 Å². The molecule has 0 bridgehead atoms. The number of carbonyl (C=O) groups excluding carboxylic acids is 1. The second kappa shape index (κ2) is 6.51. The van der Waals surface area contributed by atoms with Crippen LogP contribution in [-0.4, -0.2) is 34.8 Å². The van der Waals surface area contributed by atoms with Gasteiger partial charge in [0.05, 0.1) is 0 Å². The summed E-state index contributed by atoms with van der Waals surface area (Å²) in [5.74, 6) is -3.43. The minimum Gasteiger partial charge on any atom is -0.325 e. The highest BCUT2D eigenvalue weighted by molar-refractivity contribution is 9.10. The van der Waals surface area contributed by atoms with E-state index in [0.29, 0.717) is 10.3 Å². The van der Waals surface area contributed by atoms with Crippen LogP contribution < -0.4 is 5.32 Å². The van der Waals surface area contributed by atoms with Crippen LogP contribution in [-0.2, 0) is 27.9 Å². The van der Waals surface area contributed by atoms with Crippen LogP contribution >= 0.6 is 15.9 Å². The number of sulfone groups is 1. The normalized spacial score (nSPS) is 12.2. The van der Waals surface area contributed by atoms with Crippen molar-refractivity contribution >= 4 is 37.4 Å². The molecular weight excluding hydrogens is 417 g/mol. The van der Waals surface area contributed by atoms with Gasteiger partial charge in [-0.3, -0.25) is 9.36 Å². The number of rotatable bonds is 4. The van der Waals surface area contributed by atoms with E-state index >= 15 is 0 Å². The second-order valence-corrected chi connectivity index (χ2v) is 7.48. The van der Waals surface area contributed by atoms with Crippen LogP contribution in [0.5, 0.6) is 0 Å². The van der Waals surface area contributed by atoms with E-state index in [2.05, 4.69) is 31.4 Å². The van der Waals surface area contributed by atoms with Crippen LogP contribution in [0.15, 0.2) is 33.9 Å². The Morgan fingerprint density at radius 2 is 1.83 bits per heavy atom. The molecule has 2 rings (SSSR count). The fraction of sp³-hybridized carbons (Fsp3) is 0.250. The van der Waals surface area contributed by atoms with E-state index < -0.39 is 38.7 Å². The molecule has 0 aliphatic rings. The lowest BCUT2D eigenvalue weighted by Gasteiger charge is -2.08. The minimum atomic E-state index is -4.85. The average molecular weight is 427 g/mol. The van der Waals surface area contributed by atoms with Gasteiger partial charge in [-0.1, -0.05) is 15.9 Å². The van der Waals surface area contributed by atoms with Crippen molar-refractivity contribution in [2.24, 2.45) is 7.05 Å². The van der Waals surface area contributed by atoms with E-state index in [-0.39, 0.29) is 0 Å². The van der Waals surface area contributed by atoms with Crippen molar-refractivity contribution in [3.05, 3.63) is 34.6 Å². The number of anilines is 1. The SMILES string of the molecule is Cn1c(C(F)(F)F)nnc1S(=O)(=O)CC(=O)Nc1ccc(Br)cc1. The summed E-state index contributed by atoms with van der Waals surface area (Å²) in [5, 5.41) is 7.27. The summed E-state index contributed by atoms with van der Waals surface area (Å²) in [4.78, 5) is 11.8. The topological polar surface area (TPSA) is 93.9 Å². The second-order valence-electron chi connectivity index (χ2n) is 4.68. The van der Waals surface area contributed by atoms with Gasteiger partial charge < -0.3 is 5.32 Å². The van der Waals surface area contributed by atoms with E-state index in [1.807, 2.05) is 0 Å². The number of alkyl halides is 3. The summed E-state index contributed by atoms with van der Waals surface area (Å²) in [6.07, 6.45) is -4.85. The monoisotopic (exact) mass is 426 g/mol. The van der Waals surface area contributed by atoms with Crippen molar-refractivity contribution in [1.82, 2.24) is 14.8 Å². The van der Waals surface area contributed by atoms with E-state index in [0.717, 1.165) is 11.5 Å². The van der Waals surface area contributed by atoms with Gasteiger partial charge in [0, 0.05) is 17.2 Å². The molecule has 0 aliphatic carbocycles. The minimum absolute atomic E-state index is 0.294. The Morgan fingerprint density at radius 1 is 1.25 bits per heavy atom. The zero-order valence-electron chi connectivity index (χ0n) is 12.0. The van der Waals surface area contributed by atoms with Crippen LogP contribution in [0.25, 0.3) is 0 Å². The van der Waals surface area contributed by atoms with Crippen LogP contribution in [0.1, 0.15) is 5.82 Å². The summed E-state index contributed by atoms with van der Waals surface area (Å²) in [7, 11) is -3.53. The molecule has 0 fully saturated rings. The Labute approximate surface area is 142 Å². The lowest BCUT2D eigenvalue weighted by atomic mass is 10.3. The van der Waals surface area contributed by atoms with Gasteiger partial charge in [-0.2, -0.15) is 13.2 Å². The summed E-state index contributed by atoms with van der Waals surface area (Å²) in [6.45, 7) is 0. The third-order valence-corrected chi connectivity index (χ3v) is 4.90. The van der Waals surface area contributed by atoms with Crippen molar-refractivity contribution in [2.75, 3.05) is 11.1 Å². The maximum atomic E-state index is 12.6.